The van der Waals surface area contributed by atoms with Crippen LogP contribution in [-0.4, -0.2) is 21.5 Å². The van der Waals surface area contributed by atoms with Crippen molar-refractivity contribution in [3.63, 3.8) is 0 Å². The van der Waals surface area contributed by atoms with Gasteiger partial charge in [0.2, 0.25) is 10.0 Å². The molecule has 0 aromatic heterocycles. The van der Waals surface area contributed by atoms with Crippen molar-refractivity contribution in [3.8, 4) is 11.8 Å². The highest BCUT2D eigenvalue weighted by molar-refractivity contribution is 7.89. The summed E-state index contributed by atoms with van der Waals surface area (Å²) in [5, 5.41) is 0. The van der Waals surface area contributed by atoms with Gasteiger partial charge in [0.1, 0.15) is 0 Å². The minimum atomic E-state index is -3.46. The van der Waals surface area contributed by atoms with Gasteiger partial charge in [-0.25, -0.2) is 13.1 Å². The molecule has 1 unspecified atom stereocenters. The minimum absolute atomic E-state index is 0.250. The first-order chi connectivity index (χ1) is 9.35. The predicted molar refractivity (Wildman–Crippen MR) is 79.5 cm³/mol. The number of hydrogen-bond acceptors (Lipinski definition) is 3. The van der Waals surface area contributed by atoms with Crippen LogP contribution in [0.5, 0.6) is 0 Å². The van der Waals surface area contributed by atoms with Gasteiger partial charge in [-0.3, -0.25) is 0 Å². The largest absolute Gasteiger partial charge is 0.320 e. The molecular weight excluding hydrogens is 272 g/mol. The van der Waals surface area contributed by atoms with Gasteiger partial charge in [-0.15, -0.1) is 0 Å². The number of nitrogens with two attached hydrogens (primary N) is 1. The van der Waals surface area contributed by atoms with E-state index in [1.807, 2.05) is 0 Å². The van der Waals surface area contributed by atoms with Crippen molar-refractivity contribution in [3.05, 3.63) is 29.8 Å². The van der Waals surface area contributed by atoms with Gasteiger partial charge in [-0.1, -0.05) is 31.8 Å². The first-order valence-corrected chi connectivity index (χ1v) is 8.12. The van der Waals surface area contributed by atoms with E-state index in [9.17, 15) is 8.42 Å². The minimum Gasteiger partial charge on any atom is -0.320 e. The number of rotatable bonds is 4. The highest BCUT2D eigenvalue weighted by Crippen LogP contribution is 2.51. The Kier molecular flexibility index (Phi) is 4.19. The van der Waals surface area contributed by atoms with Crippen LogP contribution in [0.25, 0.3) is 0 Å². The van der Waals surface area contributed by atoms with E-state index in [4.69, 9.17) is 5.73 Å². The third-order valence-corrected chi connectivity index (χ3v) is 5.14. The molecule has 1 aromatic carbocycles. The maximum atomic E-state index is 12.2. The van der Waals surface area contributed by atoms with Gasteiger partial charge in [0, 0.05) is 12.1 Å². The highest BCUT2D eigenvalue weighted by Gasteiger charge is 2.45. The molecule has 2 rings (SSSR count). The van der Waals surface area contributed by atoms with Gasteiger partial charge in [0.05, 0.1) is 11.4 Å². The zero-order chi connectivity index (χ0) is 14.8. The third kappa shape index (κ3) is 3.60. The van der Waals surface area contributed by atoms with Crippen molar-refractivity contribution in [1.29, 1.82) is 0 Å². The van der Waals surface area contributed by atoms with Crippen molar-refractivity contribution >= 4 is 10.0 Å². The standard InChI is InChI=1S/C15H20N2O2S/c1-15(2)10-13(15)11-17-20(18,19)14-7-3-5-12(9-14)6-4-8-16/h3,5,7,9,13,17H,8,10-11,16H2,1-2H3. The number of nitrogens with one attached hydrogen (secondary N) is 1. The first kappa shape index (κ1) is 15.0. The van der Waals surface area contributed by atoms with Crippen molar-refractivity contribution in [2.24, 2.45) is 17.1 Å². The molecule has 5 heteroatoms. The Bertz CT molecular complexity index is 654. The van der Waals surface area contributed by atoms with Crippen LogP contribution in [0.2, 0.25) is 0 Å². The number of benzene rings is 1. The van der Waals surface area contributed by atoms with Crippen LogP contribution in [0.3, 0.4) is 0 Å². The molecule has 0 spiro atoms. The third-order valence-electron chi connectivity index (χ3n) is 3.72. The average molecular weight is 292 g/mol. The second-order valence-corrected chi connectivity index (χ2v) is 7.54. The van der Waals surface area contributed by atoms with E-state index in [0.29, 0.717) is 18.0 Å². The normalized spacial score (nSPS) is 20.1. The zero-order valence-corrected chi connectivity index (χ0v) is 12.6. The lowest BCUT2D eigenvalue weighted by molar-refractivity contribution is 0.537. The molecule has 0 amide bonds. The summed E-state index contributed by atoms with van der Waals surface area (Å²) in [6.45, 7) is 5.05. The highest BCUT2D eigenvalue weighted by atomic mass is 32.2. The molecule has 0 heterocycles. The second-order valence-electron chi connectivity index (χ2n) is 5.78. The molecule has 0 radical (unpaired) electrons. The first-order valence-electron chi connectivity index (χ1n) is 6.64. The lowest BCUT2D eigenvalue weighted by Crippen LogP contribution is -2.26. The smallest absolute Gasteiger partial charge is 0.240 e. The molecule has 1 atom stereocenters. The number of sulfonamides is 1. The summed E-state index contributed by atoms with van der Waals surface area (Å²) < 4.78 is 27.1. The average Bonchev–Trinajstić information content (AvgIpc) is 3.02. The van der Waals surface area contributed by atoms with Crippen LogP contribution in [0.1, 0.15) is 25.8 Å². The van der Waals surface area contributed by atoms with Crippen LogP contribution in [-0.2, 0) is 10.0 Å². The quantitative estimate of drug-likeness (QED) is 0.822. The molecule has 3 N–H and O–H groups in total. The van der Waals surface area contributed by atoms with Crippen molar-refractivity contribution in [1.82, 2.24) is 4.72 Å². The number of hydrogen-bond donors (Lipinski definition) is 2. The predicted octanol–water partition coefficient (Wildman–Crippen LogP) is 1.32. The molecular formula is C15H20N2O2S. The second kappa shape index (κ2) is 5.57. The van der Waals surface area contributed by atoms with Crippen LogP contribution in [0, 0.1) is 23.2 Å². The Hall–Kier alpha value is -1.35. The van der Waals surface area contributed by atoms with Crippen LogP contribution < -0.4 is 10.5 Å². The van der Waals surface area contributed by atoms with E-state index < -0.39 is 10.0 Å². The molecule has 0 bridgehead atoms. The maximum absolute atomic E-state index is 12.2. The Balaban J connectivity index is 2.09. The van der Waals surface area contributed by atoms with Gasteiger partial charge in [0.25, 0.3) is 0 Å². The summed E-state index contributed by atoms with van der Waals surface area (Å²) in [5.74, 6) is 5.98. The Morgan fingerprint density at radius 3 is 2.75 bits per heavy atom. The van der Waals surface area contributed by atoms with Gasteiger partial charge in [0.15, 0.2) is 0 Å². The van der Waals surface area contributed by atoms with Crippen molar-refractivity contribution in [2.75, 3.05) is 13.1 Å². The molecule has 1 aromatic rings. The van der Waals surface area contributed by atoms with E-state index >= 15 is 0 Å². The van der Waals surface area contributed by atoms with E-state index in [1.54, 1.807) is 24.3 Å². The van der Waals surface area contributed by atoms with Crippen LogP contribution in [0.15, 0.2) is 29.2 Å². The monoisotopic (exact) mass is 292 g/mol. The fraction of sp³-hybridized carbons (Fsp3) is 0.467. The lowest BCUT2D eigenvalue weighted by Gasteiger charge is -2.08. The SMILES string of the molecule is CC1(C)CC1CNS(=O)(=O)c1cccc(C#CCN)c1. The Morgan fingerprint density at radius 2 is 2.15 bits per heavy atom. The van der Waals surface area contributed by atoms with Gasteiger partial charge in [-0.05, 0) is 36.0 Å². The summed E-state index contributed by atoms with van der Waals surface area (Å²) in [6.07, 6.45) is 1.07. The summed E-state index contributed by atoms with van der Waals surface area (Å²) in [5.41, 5.74) is 6.23. The molecule has 0 saturated heterocycles. The van der Waals surface area contributed by atoms with Gasteiger partial charge >= 0.3 is 0 Å². The van der Waals surface area contributed by atoms with Gasteiger partial charge in [-0.2, -0.15) is 0 Å². The summed E-state index contributed by atoms with van der Waals surface area (Å²) in [6, 6.07) is 6.61. The summed E-state index contributed by atoms with van der Waals surface area (Å²) in [7, 11) is -3.46. The van der Waals surface area contributed by atoms with Crippen LogP contribution in [0.4, 0.5) is 0 Å². The Morgan fingerprint density at radius 1 is 1.45 bits per heavy atom. The van der Waals surface area contributed by atoms with E-state index in [0.717, 1.165) is 6.42 Å². The maximum Gasteiger partial charge on any atom is 0.240 e. The lowest BCUT2D eigenvalue weighted by atomic mass is 10.1. The van der Waals surface area contributed by atoms with Gasteiger partial charge < -0.3 is 5.73 Å². The topological polar surface area (TPSA) is 72.2 Å². The molecule has 1 aliphatic carbocycles. The fourth-order valence-electron chi connectivity index (χ4n) is 2.11. The van der Waals surface area contributed by atoms with E-state index in [-0.39, 0.29) is 16.9 Å². The van der Waals surface area contributed by atoms with Crippen molar-refractivity contribution < 1.29 is 8.42 Å². The molecule has 1 saturated carbocycles. The molecule has 4 nitrogen and oxygen atoms in total. The van der Waals surface area contributed by atoms with Crippen molar-refractivity contribution in [2.45, 2.75) is 25.2 Å². The fourth-order valence-corrected chi connectivity index (χ4v) is 3.24. The molecule has 0 aliphatic heterocycles. The molecule has 1 aliphatic rings. The van der Waals surface area contributed by atoms with E-state index in [1.165, 1.54) is 0 Å². The van der Waals surface area contributed by atoms with Crippen LogP contribution >= 0.6 is 0 Å². The molecule has 1 fully saturated rings. The summed E-state index contributed by atoms with van der Waals surface area (Å²) in [4.78, 5) is 0.250. The molecule has 108 valence electrons. The molecule has 20 heavy (non-hydrogen) atoms. The zero-order valence-electron chi connectivity index (χ0n) is 11.8. The Labute approximate surface area is 120 Å². The summed E-state index contributed by atoms with van der Waals surface area (Å²) >= 11 is 0. The van der Waals surface area contributed by atoms with E-state index in [2.05, 4.69) is 30.4 Å².